The number of rotatable bonds is 7. The second kappa shape index (κ2) is 11.7. The minimum absolute atomic E-state index is 0.238. The highest BCUT2D eigenvalue weighted by Crippen LogP contribution is 2.28. The van der Waals surface area contributed by atoms with Crippen LogP contribution in [0.3, 0.4) is 0 Å². The summed E-state index contributed by atoms with van der Waals surface area (Å²) in [7, 11) is 1.91. The first-order chi connectivity index (χ1) is 19.6. The lowest BCUT2D eigenvalue weighted by Gasteiger charge is -2.32. The molecule has 3 aromatic heterocycles. The van der Waals surface area contributed by atoms with Gasteiger partial charge in [-0.25, -0.2) is 9.48 Å². The molecule has 0 radical (unpaired) electrons. The lowest BCUT2D eigenvalue weighted by atomic mass is 9.94. The molecular weight excluding hydrogens is 520 g/mol. The molecule has 216 valence electrons. The third-order valence-corrected chi connectivity index (χ3v) is 7.18. The quantitative estimate of drug-likeness (QED) is 0.301. The summed E-state index contributed by atoms with van der Waals surface area (Å²) in [5.41, 5.74) is 3.15. The topological polar surface area (TPSA) is 113 Å². The van der Waals surface area contributed by atoms with Crippen LogP contribution < -0.4 is 4.74 Å². The second-order valence-electron chi connectivity index (χ2n) is 11.7. The fraction of sp³-hybridized carbons (Fsp3) is 0.467. The number of pyridine rings is 1. The van der Waals surface area contributed by atoms with E-state index in [0.717, 1.165) is 30.0 Å². The first-order valence-corrected chi connectivity index (χ1v) is 14.1. The average Bonchev–Trinajstić information content (AvgIpc) is 3.58. The number of piperidine rings is 1. The molecule has 1 aliphatic rings. The predicted molar refractivity (Wildman–Crippen MR) is 154 cm³/mol. The molecule has 1 aromatic carbocycles. The van der Waals surface area contributed by atoms with Gasteiger partial charge in [-0.3, -0.25) is 4.98 Å². The number of ether oxygens (including phenoxy) is 2. The van der Waals surface area contributed by atoms with Crippen molar-refractivity contribution < 1.29 is 14.3 Å². The van der Waals surface area contributed by atoms with Crippen molar-refractivity contribution in [2.45, 2.75) is 71.5 Å². The highest BCUT2D eigenvalue weighted by atomic mass is 16.6. The van der Waals surface area contributed by atoms with Crippen LogP contribution in [0.4, 0.5) is 4.79 Å². The fourth-order valence-corrected chi connectivity index (χ4v) is 4.75. The van der Waals surface area contributed by atoms with Crippen molar-refractivity contribution in [3.8, 4) is 23.0 Å². The summed E-state index contributed by atoms with van der Waals surface area (Å²) < 4.78 is 15.1. The van der Waals surface area contributed by atoms with E-state index < -0.39 is 5.60 Å². The van der Waals surface area contributed by atoms with Gasteiger partial charge in [0.2, 0.25) is 0 Å². The van der Waals surface area contributed by atoms with Crippen molar-refractivity contribution >= 4 is 6.09 Å². The lowest BCUT2D eigenvalue weighted by molar-refractivity contribution is 0.0204. The number of amides is 1. The van der Waals surface area contributed by atoms with Crippen LogP contribution in [0.2, 0.25) is 0 Å². The Labute approximate surface area is 240 Å². The van der Waals surface area contributed by atoms with Crippen molar-refractivity contribution in [3.63, 3.8) is 0 Å². The maximum absolute atomic E-state index is 12.4. The van der Waals surface area contributed by atoms with E-state index in [-0.39, 0.29) is 12.0 Å². The van der Waals surface area contributed by atoms with E-state index in [1.165, 1.54) is 5.56 Å². The number of benzene rings is 1. The third-order valence-electron chi connectivity index (χ3n) is 7.18. The van der Waals surface area contributed by atoms with Crippen LogP contribution in [0.5, 0.6) is 5.75 Å². The van der Waals surface area contributed by atoms with Gasteiger partial charge in [-0.15, -0.1) is 15.3 Å². The van der Waals surface area contributed by atoms with Crippen LogP contribution in [0.25, 0.3) is 17.2 Å². The molecule has 1 fully saturated rings. The van der Waals surface area contributed by atoms with Crippen LogP contribution >= 0.6 is 0 Å². The molecule has 1 aliphatic heterocycles. The molecule has 0 bridgehead atoms. The van der Waals surface area contributed by atoms with E-state index in [9.17, 15) is 4.79 Å². The predicted octanol–water partition coefficient (Wildman–Crippen LogP) is 5.27. The van der Waals surface area contributed by atoms with Gasteiger partial charge in [-0.1, -0.05) is 31.2 Å². The van der Waals surface area contributed by atoms with E-state index in [4.69, 9.17) is 9.47 Å². The molecule has 4 aromatic rings. The molecule has 0 atom stereocenters. The second-order valence-corrected chi connectivity index (χ2v) is 11.7. The van der Waals surface area contributed by atoms with E-state index in [1.807, 2.05) is 62.8 Å². The standard InChI is InChI=1S/C30H38N8O3/c1-20(2)22-8-7-9-24(16-22)40-19-27-33-34-28(36(27)6)25-11-10-23(17-31-25)38-18-26(32-35-38)21-12-14-37(15-13-21)29(39)41-30(3,4)5/h7-11,16-18,20-21H,12-15,19H2,1-6H3. The largest absolute Gasteiger partial charge is 0.486 e. The van der Waals surface area contributed by atoms with Gasteiger partial charge in [0.05, 0.1) is 23.8 Å². The molecule has 0 unspecified atom stereocenters. The molecule has 0 saturated carbocycles. The van der Waals surface area contributed by atoms with Crippen LogP contribution in [-0.2, 0) is 18.4 Å². The van der Waals surface area contributed by atoms with Crippen LogP contribution in [-0.4, -0.2) is 64.4 Å². The Morgan fingerprint density at radius 1 is 1.07 bits per heavy atom. The zero-order valence-electron chi connectivity index (χ0n) is 24.6. The van der Waals surface area contributed by atoms with Gasteiger partial charge < -0.3 is 18.9 Å². The zero-order chi connectivity index (χ0) is 29.1. The first-order valence-electron chi connectivity index (χ1n) is 14.1. The fourth-order valence-electron chi connectivity index (χ4n) is 4.75. The summed E-state index contributed by atoms with van der Waals surface area (Å²) in [5, 5.41) is 17.4. The summed E-state index contributed by atoms with van der Waals surface area (Å²) >= 11 is 0. The number of hydrogen-bond acceptors (Lipinski definition) is 8. The van der Waals surface area contributed by atoms with Gasteiger partial charge in [0.15, 0.2) is 11.6 Å². The van der Waals surface area contributed by atoms with Crippen molar-refractivity contribution in [2.24, 2.45) is 7.05 Å². The smallest absolute Gasteiger partial charge is 0.410 e. The third kappa shape index (κ3) is 6.72. The van der Waals surface area contributed by atoms with Crippen LogP contribution in [0, 0.1) is 0 Å². The number of carbonyl (C=O) groups excluding carboxylic acids is 1. The number of hydrogen-bond donors (Lipinski definition) is 0. The molecular formula is C30H38N8O3. The molecule has 5 rings (SSSR count). The van der Waals surface area contributed by atoms with E-state index in [0.29, 0.717) is 43.0 Å². The summed E-state index contributed by atoms with van der Waals surface area (Å²) in [4.78, 5) is 18.8. The SMILES string of the molecule is CC(C)c1cccc(OCc2nnc(-c3ccc(-n4cc(C5CCN(C(=O)OC(C)(C)C)CC5)nn4)cn3)n2C)c1. The number of nitrogens with zero attached hydrogens (tertiary/aromatic N) is 8. The number of carbonyl (C=O) groups is 1. The molecule has 11 nitrogen and oxygen atoms in total. The highest BCUT2D eigenvalue weighted by Gasteiger charge is 2.28. The van der Waals surface area contributed by atoms with E-state index >= 15 is 0 Å². The molecule has 1 saturated heterocycles. The van der Waals surface area contributed by atoms with Gasteiger partial charge >= 0.3 is 6.09 Å². The lowest BCUT2D eigenvalue weighted by Crippen LogP contribution is -2.41. The normalized spacial score (nSPS) is 14.5. The molecule has 41 heavy (non-hydrogen) atoms. The molecule has 1 amide bonds. The number of likely N-dealkylation sites (tertiary alicyclic amines) is 1. The summed E-state index contributed by atoms with van der Waals surface area (Å²) in [6, 6.07) is 12.0. The van der Waals surface area contributed by atoms with Crippen molar-refractivity contribution in [1.29, 1.82) is 0 Å². The maximum Gasteiger partial charge on any atom is 0.410 e. The summed E-state index contributed by atoms with van der Waals surface area (Å²) in [5.74, 6) is 2.84. The Morgan fingerprint density at radius 2 is 1.85 bits per heavy atom. The Hall–Kier alpha value is -4.28. The monoisotopic (exact) mass is 558 g/mol. The van der Waals surface area contributed by atoms with Gasteiger partial charge in [0.1, 0.15) is 23.7 Å². The van der Waals surface area contributed by atoms with E-state index in [1.54, 1.807) is 15.8 Å². The van der Waals surface area contributed by atoms with Crippen molar-refractivity contribution in [3.05, 3.63) is 65.9 Å². The Balaban J connectivity index is 1.19. The van der Waals surface area contributed by atoms with Crippen molar-refractivity contribution in [2.75, 3.05) is 13.1 Å². The molecule has 4 heterocycles. The van der Waals surface area contributed by atoms with Crippen LogP contribution in [0.15, 0.2) is 48.8 Å². The highest BCUT2D eigenvalue weighted by molar-refractivity contribution is 5.68. The number of aromatic nitrogens is 7. The van der Waals surface area contributed by atoms with Crippen molar-refractivity contribution in [1.82, 2.24) is 39.6 Å². The summed E-state index contributed by atoms with van der Waals surface area (Å²) in [6.45, 7) is 11.5. The molecule has 0 N–H and O–H groups in total. The van der Waals surface area contributed by atoms with Gasteiger partial charge in [0.25, 0.3) is 0 Å². The van der Waals surface area contributed by atoms with Gasteiger partial charge in [0, 0.05) is 26.1 Å². The average molecular weight is 559 g/mol. The Kier molecular flexibility index (Phi) is 8.05. The van der Waals surface area contributed by atoms with Gasteiger partial charge in [-0.05, 0) is 69.4 Å². The zero-order valence-corrected chi connectivity index (χ0v) is 24.6. The summed E-state index contributed by atoms with van der Waals surface area (Å²) in [6.07, 6.45) is 5.06. The molecule has 11 heteroatoms. The maximum atomic E-state index is 12.4. The molecule has 0 aliphatic carbocycles. The molecule has 0 spiro atoms. The van der Waals surface area contributed by atoms with Gasteiger partial charge in [-0.2, -0.15) is 0 Å². The first kappa shape index (κ1) is 28.3. The Morgan fingerprint density at radius 3 is 2.54 bits per heavy atom. The minimum atomic E-state index is -0.496. The Bertz CT molecular complexity index is 1480. The van der Waals surface area contributed by atoms with Crippen LogP contribution in [0.1, 0.15) is 76.4 Å². The minimum Gasteiger partial charge on any atom is -0.486 e. The van der Waals surface area contributed by atoms with E-state index in [2.05, 4.69) is 51.5 Å².